The Bertz CT molecular complexity index is 1230. The van der Waals surface area contributed by atoms with E-state index in [0.29, 0.717) is 30.6 Å². The first-order chi connectivity index (χ1) is 15.5. The first-order valence-electron chi connectivity index (χ1n) is 10.7. The molecule has 1 aromatic heterocycles. The molecule has 1 saturated heterocycles. The number of ether oxygens (including phenoxy) is 1. The van der Waals surface area contributed by atoms with Crippen LogP contribution in [-0.2, 0) is 11.2 Å². The Morgan fingerprint density at radius 2 is 1.94 bits per heavy atom. The van der Waals surface area contributed by atoms with Crippen LogP contribution in [0.4, 0.5) is 8.78 Å². The van der Waals surface area contributed by atoms with Crippen molar-refractivity contribution in [3.63, 3.8) is 0 Å². The summed E-state index contributed by atoms with van der Waals surface area (Å²) < 4.78 is 32.1. The van der Waals surface area contributed by atoms with Gasteiger partial charge < -0.3 is 9.64 Å². The Morgan fingerprint density at radius 3 is 2.69 bits per heavy atom. The molecule has 2 aliphatic rings. The molecule has 1 amide bonds. The highest BCUT2D eigenvalue weighted by molar-refractivity contribution is 5.95. The molecule has 1 saturated carbocycles. The third-order valence-electron chi connectivity index (χ3n) is 6.50. The molecule has 32 heavy (non-hydrogen) atoms. The summed E-state index contributed by atoms with van der Waals surface area (Å²) in [5.41, 5.74) is 1.19. The van der Waals surface area contributed by atoms with Gasteiger partial charge in [0.25, 0.3) is 11.5 Å². The van der Waals surface area contributed by atoms with Crippen LogP contribution < -0.4 is 5.56 Å². The van der Waals surface area contributed by atoms with Crippen LogP contribution in [0.3, 0.4) is 0 Å². The number of halogens is 2. The lowest BCUT2D eigenvalue weighted by molar-refractivity contribution is -0.139. The van der Waals surface area contributed by atoms with Crippen LogP contribution in [0.2, 0.25) is 0 Å². The van der Waals surface area contributed by atoms with Crippen molar-refractivity contribution in [2.75, 3.05) is 26.4 Å². The summed E-state index contributed by atoms with van der Waals surface area (Å²) in [6.07, 6.45) is 2.03. The lowest BCUT2D eigenvalue weighted by Gasteiger charge is -2.58. The van der Waals surface area contributed by atoms with Gasteiger partial charge in [-0.25, -0.2) is 13.9 Å². The van der Waals surface area contributed by atoms with Gasteiger partial charge in [-0.15, -0.1) is 0 Å². The molecule has 0 radical (unpaired) electrons. The molecule has 3 aromatic rings. The number of H-pyrrole nitrogens is 1. The molecule has 1 aliphatic carbocycles. The van der Waals surface area contributed by atoms with E-state index in [0.717, 1.165) is 23.8 Å². The third kappa shape index (κ3) is 3.68. The maximum atomic E-state index is 14.5. The predicted molar refractivity (Wildman–Crippen MR) is 115 cm³/mol. The topological polar surface area (TPSA) is 75.3 Å². The van der Waals surface area contributed by atoms with E-state index in [1.165, 1.54) is 6.07 Å². The summed E-state index contributed by atoms with van der Waals surface area (Å²) in [6.45, 7) is 0.753. The van der Waals surface area contributed by atoms with Crippen molar-refractivity contribution in [3.8, 4) is 0 Å². The van der Waals surface area contributed by atoms with Crippen LogP contribution in [0.1, 0.15) is 34.5 Å². The Kier molecular flexibility index (Phi) is 5.25. The average molecular weight is 439 g/mol. The number of amides is 1. The Hall–Kier alpha value is -3.13. The molecule has 8 heteroatoms. The number of nitrogens with zero attached hydrogens (tertiary/aromatic N) is 2. The van der Waals surface area contributed by atoms with Crippen molar-refractivity contribution < 1.29 is 18.3 Å². The minimum Gasteiger partial charge on any atom is -0.375 e. The van der Waals surface area contributed by atoms with Crippen LogP contribution in [-0.4, -0.2) is 53.5 Å². The second-order valence-corrected chi connectivity index (χ2v) is 8.79. The maximum absolute atomic E-state index is 14.5. The molecule has 2 heterocycles. The fourth-order valence-electron chi connectivity index (χ4n) is 4.92. The van der Waals surface area contributed by atoms with Gasteiger partial charge in [-0.1, -0.05) is 24.3 Å². The quantitative estimate of drug-likeness (QED) is 0.640. The molecule has 1 spiro atoms. The highest BCUT2D eigenvalue weighted by Crippen LogP contribution is 2.50. The number of carbonyl (C=O) groups excluding carboxylic acids is 1. The van der Waals surface area contributed by atoms with Crippen LogP contribution >= 0.6 is 0 Å². The zero-order chi connectivity index (χ0) is 22.3. The minimum absolute atomic E-state index is 0.0312. The van der Waals surface area contributed by atoms with Crippen LogP contribution in [0.5, 0.6) is 0 Å². The zero-order valence-electron chi connectivity index (χ0n) is 17.4. The van der Waals surface area contributed by atoms with Gasteiger partial charge in [0.1, 0.15) is 12.5 Å². The van der Waals surface area contributed by atoms with Crippen LogP contribution in [0.15, 0.2) is 47.3 Å². The van der Waals surface area contributed by atoms with E-state index in [2.05, 4.69) is 10.2 Å². The van der Waals surface area contributed by atoms with E-state index in [1.807, 2.05) is 12.1 Å². The molecule has 6 nitrogen and oxygen atoms in total. The number of benzene rings is 2. The first kappa shape index (κ1) is 20.8. The standard InChI is InChI=1S/C24H23F2N3O3/c25-7-8-32-16-11-24(12-16)13-29(14-24)23(31)19-9-15(5-6-20(19)26)10-21-17-3-1-2-4-18(17)22(30)28-27-21/h1-6,9,16H,7-8,10-14H2,(H,28,30). The fraction of sp³-hybridized carbons (Fsp3) is 0.375. The van der Waals surface area contributed by atoms with Crippen molar-refractivity contribution >= 4 is 16.7 Å². The van der Waals surface area contributed by atoms with Gasteiger partial charge in [-0.3, -0.25) is 9.59 Å². The number of nitrogens with one attached hydrogen (secondary N) is 1. The number of hydrogen-bond acceptors (Lipinski definition) is 4. The maximum Gasteiger partial charge on any atom is 0.272 e. The zero-order valence-corrected chi connectivity index (χ0v) is 17.4. The van der Waals surface area contributed by atoms with Crippen molar-refractivity contribution in [1.82, 2.24) is 15.1 Å². The Morgan fingerprint density at radius 1 is 1.19 bits per heavy atom. The predicted octanol–water partition coefficient (Wildman–Crippen LogP) is 3.24. The van der Waals surface area contributed by atoms with Gasteiger partial charge in [-0.05, 0) is 36.6 Å². The summed E-state index contributed by atoms with van der Waals surface area (Å²) in [6, 6.07) is 11.7. The van der Waals surface area contributed by atoms with Gasteiger partial charge in [0.2, 0.25) is 0 Å². The number of aromatic amines is 1. The van der Waals surface area contributed by atoms with Crippen LogP contribution in [0, 0.1) is 11.2 Å². The van der Waals surface area contributed by atoms with Crippen molar-refractivity contribution in [2.24, 2.45) is 5.41 Å². The third-order valence-corrected chi connectivity index (χ3v) is 6.50. The number of likely N-dealkylation sites (tertiary alicyclic amines) is 1. The minimum atomic E-state index is -0.559. The molecule has 166 valence electrons. The van der Waals surface area contributed by atoms with Crippen molar-refractivity contribution in [2.45, 2.75) is 25.4 Å². The fourth-order valence-corrected chi connectivity index (χ4v) is 4.92. The molecule has 2 aromatic carbocycles. The summed E-state index contributed by atoms with van der Waals surface area (Å²) in [7, 11) is 0. The van der Waals surface area contributed by atoms with Crippen molar-refractivity contribution in [1.29, 1.82) is 0 Å². The number of hydrogen-bond donors (Lipinski definition) is 1. The van der Waals surface area contributed by atoms with Crippen LogP contribution in [0.25, 0.3) is 10.8 Å². The van der Waals surface area contributed by atoms with Gasteiger partial charge in [-0.2, -0.15) is 5.10 Å². The second kappa shape index (κ2) is 8.09. The molecule has 5 rings (SSSR count). The molecular weight excluding hydrogens is 416 g/mol. The number of carbonyl (C=O) groups is 1. The number of aromatic nitrogens is 2. The monoisotopic (exact) mass is 439 g/mol. The SMILES string of the molecule is O=C(c1cc(Cc2n[nH]c(=O)c3ccccc23)ccc1F)N1CC2(CC(OCCF)C2)C1. The van der Waals surface area contributed by atoms with Gasteiger partial charge >= 0.3 is 0 Å². The van der Waals surface area contributed by atoms with E-state index >= 15 is 0 Å². The molecule has 0 atom stereocenters. The van der Waals surface area contributed by atoms with E-state index in [1.54, 1.807) is 29.2 Å². The largest absolute Gasteiger partial charge is 0.375 e. The highest BCUT2D eigenvalue weighted by atomic mass is 19.1. The van der Waals surface area contributed by atoms with E-state index < -0.39 is 12.5 Å². The number of alkyl halides is 1. The average Bonchev–Trinajstić information content (AvgIpc) is 2.74. The van der Waals surface area contributed by atoms with E-state index in [4.69, 9.17) is 4.74 Å². The molecular formula is C24H23F2N3O3. The van der Waals surface area contributed by atoms with Crippen molar-refractivity contribution in [3.05, 3.63) is 75.5 Å². The van der Waals surface area contributed by atoms with Gasteiger partial charge in [0.15, 0.2) is 0 Å². The summed E-state index contributed by atoms with van der Waals surface area (Å²) in [5, 5.41) is 7.93. The van der Waals surface area contributed by atoms with E-state index in [-0.39, 0.29) is 35.2 Å². The molecule has 0 unspecified atom stereocenters. The van der Waals surface area contributed by atoms with E-state index in [9.17, 15) is 18.4 Å². The Labute approximate surface area is 183 Å². The van der Waals surface area contributed by atoms with Gasteiger partial charge in [0, 0.05) is 30.3 Å². The Balaban J connectivity index is 1.30. The first-order valence-corrected chi connectivity index (χ1v) is 10.7. The smallest absolute Gasteiger partial charge is 0.272 e. The molecule has 1 aliphatic heterocycles. The number of fused-ring (bicyclic) bond motifs is 1. The second-order valence-electron chi connectivity index (χ2n) is 8.79. The molecule has 1 N–H and O–H groups in total. The highest BCUT2D eigenvalue weighted by Gasteiger charge is 2.54. The lowest BCUT2D eigenvalue weighted by atomic mass is 9.61. The lowest BCUT2D eigenvalue weighted by Crippen LogP contribution is -2.65. The summed E-state index contributed by atoms with van der Waals surface area (Å²) >= 11 is 0. The summed E-state index contributed by atoms with van der Waals surface area (Å²) in [5.74, 6) is -0.890. The number of rotatable bonds is 6. The molecule has 0 bridgehead atoms. The molecule has 2 fully saturated rings. The van der Waals surface area contributed by atoms with Gasteiger partial charge in [0.05, 0.1) is 29.4 Å². The normalized spacial score (nSPS) is 17.4. The summed E-state index contributed by atoms with van der Waals surface area (Å²) in [4.78, 5) is 26.6.